The molecule has 154 valence electrons. The van der Waals surface area contributed by atoms with Crippen LogP contribution in [-0.2, 0) is 19.2 Å². The van der Waals surface area contributed by atoms with E-state index in [2.05, 4.69) is 21.3 Å². The molecule has 10 nitrogen and oxygen atoms in total. The van der Waals surface area contributed by atoms with Crippen molar-refractivity contribution < 1.29 is 29.4 Å². The average molecular weight is 386 g/mol. The molecule has 0 saturated carbocycles. The Kier molecular flexibility index (Phi) is 9.16. The van der Waals surface area contributed by atoms with Gasteiger partial charge in [-0.05, 0) is 38.6 Å². The van der Waals surface area contributed by atoms with Crippen molar-refractivity contribution in [3.05, 3.63) is 0 Å². The number of aliphatic hydroxyl groups excluding tert-OH is 1. The van der Waals surface area contributed by atoms with E-state index in [1.54, 1.807) is 0 Å². The summed E-state index contributed by atoms with van der Waals surface area (Å²) in [5.41, 5.74) is 0. The first-order chi connectivity index (χ1) is 12.6. The molecule has 0 bridgehead atoms. The van der Waals surface area contributed by atoms with Crippen LogP contribution in [0.2, 0.25) is 0 Å². The van der Waals surface area contributed by atoms with Crippen LogP contribution in [0.4, 0.5) is 0 Å². The molecule has 0 spiro atoms. The summed E-state index contributed by atoms with van der Waals surface area (Å²) in [6.45, 7) is 5.14. The number of carbonyl (C=O) groups is 4. The van der Waals surface area contributed by atoms with Crippen LogP contribution in [0.3, 0.4) is 0 Å². The van der Waals surface area contributed by atoms with E-state index in [-0.39, 0.29) is 24.3 Å². The number of amides is 3. The smallest absolute Gasteiger partial charge is 0.326 e. The van der Waals surface area contributed by atoms with Crippen LogP contribution < -0.4 is 21.3 Å². The van der Waals surface area contributed by atoms with Gasteiger partial charge in [0, 0.05) is 0 Å². The van der Waals surface area contributed by atoms with Crippen molar-refractivity contribution in [2.75, 3.05) is 13.2 Å². The minimum absolute atomic E-state index is 0.0352. The summed E-state index contributed by atoms with van der Waals surface area (Å²) in [7, 11) is 0. The average Bonchev–Trinajstić information content (AvgIpc) is 3.12. The molecule has 27 heavy (non-hydrogen) atoms. The van der Waals surface area contributed by atoms with E-state index >= 15 is 0 Å². The van der Waals surface area contributed by atoms with Crippen LogP contribution >= 0.6 is 0 Å². The molecular weight excluding hydrogens is 356 g/mol. The van der Waals surface area contributed by atoms with Gasteiger partial charge in [0.15, 0.2) is 0 Å². The lowest BCUT2D eigenvalue weighted by Crippen LogP contribution is -2.57. The summed E-state index contributed by atoms with van der Waals surface area (Å²) in [5, 5.41) is 28.8. The van der Waals surface area contributed by atoms with Gasteiger partial charge in [-0.25, -0.2) is 4.79 Å². The summed E-state index contributed by atoms with van der Waals surface area (Å²) in [5.74, 6) is -2.90. The second-order valence-electron chi connectivity index (χ2n) is 7.15. The first kappa shape index (κ1) is 22.8. The zero-order chi connectivity index (χ0) is 20.6. The van der Waals surface area contributed by atoms with Gasteiger partial charge in [-0.2, -0.15) is 0 Å². The molecule has 1 saturated heterocycles. The van der Waals surface area contributed by atoms with E-state index in [4.69, 9.17) is 0 Å². The molecule has 4 atom stereocenters. The van der Waals surface area contributed by atoms with Crippen LogP contribution in [0.25, 0.3) is 0 Å². The number of nitrogens with one attached hydrogen (secondary N) is 4. The van der Waals surface area contributed by atoms with E-state index in [1.807, 2.05) is 13.8 Å². The predicted molar refractivity (Wildman–Crippen MR) is 96.7 cm³/mol. The molecule has 10 heteroatoms. The van der Waals surface area contributed by atoms with Gasteiger partial charge in [0.25, 0.3) is 0 Å². The maximum Gasteiger partial charge on any atom is 0.326 e. The summed E-state index contributed by atoms with van der Waals surface area (Å²) in [6, 6.07) is -3.68. The first-order valence-corrected chi connectivity index (χ1v) is 9.13. The molecule has 0 aliphatic carbocycles. The van der Waals surface area contributed by atoms with Gasteiger partial charge in [-0.15, -0.1) is 0 Å². The predicted octanol–water partition coefficient (Wildman–Crippen LogP) is -1.66. The van der Waals surface area contributed by atoms with Gasteiger partial charge >= 0.3 is 5.97 Å². The molecule has 1 aliphatic heterocycles. The number of carboxylic acid groups (broad SMARTS) is 1. The fraction of sp³-hybridized carbons (Fsp3) is 0.765. The fourth-order valence-corrected chi connectivity index (χ4v) is 2.74. The van der Waals surface area contributed by atoms with Gasteiger partial charge in [0.1, 0.15) is 18.1 Å². The molecule has 0 aromatic heterocycles. The van der Waals surface area contributed by atoms with Crippen LogP contribution in [0.5, 0.6) is 0 Å². The van der Waals surface area contributed by atoms with Gasteiger partial charge in [-0.1, -0.05) is 13.8 Å². The van der Waals surface area contributed by atoms with Gasteiger partial charge < -0.3 is 31.5 Å². The number of hydrogen-bond donors (Lipinski definition) is 6. The summed E-state index contributed by atoms with van der Waals surface area (Å²) < 4.78 is 0. The second-order valence-corrected chi connectivity index (χ2v) is 7.15. The minimum Gasteiger partial charge on any atom is -0.480 e. The van der Waals surface area contributed by atoms with E-state index in [0.717, 1.165) is 13.0 Å². The fourth-order valence-electron chi connectivity index (χ4n) is 2.74. The second kappa shape index (κ2) is 10.8. The largest absolute Gasteiger partial charge is 0.480 e. The molecular formula is C17H30N4O6. The number of rotatable bonds is 10. The molecule has 0 radical (unpaired) electrons. The van der Waals surface area contributed by atoms with E-state index in [9.17, 15) is 29.4 Å². The van der Waals surface area contributed by atoms with E-state index in [0.29, 0.717) is 6.42 Å². The monoisotopic (exact) mass is 386 g/mol. The Hall–Kier alpha value is -2.20. The Morgan fingerprint density at radius 1 is 1.04 bits per heavy atom. The SMILES string of the molecule is CC(C)CC(NC(=O)C(CO)NC(=O)C(C)NC(=O)C1CCCN1)C(=O)O. The number of carbonyl (C=O) groups excluding carboxylic acids is 3. The number of aliphatic carboxylic acids is 1. The maximum atomic E-state index is 12.2. The lowest BCUT2D eigenvalue weighted by molar-refractivity contribution is -0.143. The highest BCUT2D eigenvalue weighted by Gasteiger charge is 2.29. The van der Waals surface area contributed by atoms with E-state index in [1.165, 1.54) is 6.92 Å². The topological polar surface area (TPSA) is 157 Å². The molecule has 1 aliphatic rings. The van der Waals surface area contributed by atoms with Crippen LogP contribution in [0.1, 0.15) is 40.0 Å². The molecule has 0 aromatic carbocycles. The Morgan fingerprint density at radius 3 is 2.15 bits per heavy atom. The third-order valence-electron chi connectivity index (χ3n) is 4.27. The highest BCUT2D eigenvalue weighted by atomic mass is 16.4. The highest BCUT2D eigenvalue weighted by Crippen LogP contribution is 2.06. The molecule has 3 amide bonds. The summed E-state index contributed by atoms with van der Waals surface area (Å²) in [6.07, 6.45) is 1.79. The van der Waals surface area contributed by atoms with Crippen LogP contribution in [0.15, 0.2) is 0 Å². The first-order valence-electron chi connectivity index (χ1n) is 9.13. The highest BCUT2D eigenvalue weighted by molar-refractivity contribution is 5.94. The lowest BCUT2D eigenvalue weighted by atomic mass is 10.0. The van der Waals surface area contributed by atoms with Crippen molar-refractivity contribution in [3.8, 4) is 0 Å². The van der Waals surface area contributed by atoms with Crippen molar-refractivity contribution in [1.82, 2.24) is 21.3 Å². The van der Waals surface area contributed by atoms with Crippen molar-refractivity contribution in [1.29, 1.82) is 0 Å². The molecule has 1 fully saturated rings. The van der Waals surface area contributed by atoms with Crippen molar-refractivity contribution >= 4 is 23.7 Å². The molecule has 1 rings (SSSR count). The molecule has 1 heterocycles. The van der Waals surface area contributed by atoms with Crippen molar-refractivity contribution in [2.45, 2.75) is 64.2 Å². The minimum atomic E-state index is -1.31. The Balaban J connectivity index is 2.58. The van der Waals surface area contributed by atoms with Gasteiger partial charge in [0.05, 0.1) is 12.6 Å². The zero-order valence-electron chi connectivity index (χ0n) is 15.9. The number of carboxylic acids is 1. The number of aliphatic hydroxyl groups is 1. The quantitative estimate of drug-likeness (QED) is 0.262. The maximum absolute atomic E-state index is 12.2. The zero-order valence-corrected chi connectivity index (χ0v) is 15.9. The lowest BCUT2D eigenvalue weighted by Gasteiger charge is -2.23. The third-order valence-corrected chi connectivity index (χ3v) is 4.27. The van der Waals surface area contributed by atoms with E-state index < -0.39 is 42.5 Å². The Labute approximate surface area is 158 Å². The van der Waals surface area contributed by atoms with Crippen molar-refractivity contribution in [2.24, 2.45) is 5.92 Å². The Bertz CT molecular complexity index is 548. The molecule has 0 aromatic rings. The standard InChI is InChI=1S/C17H30N4O6/c1-9(2)7-12(17(26)27)20-16(25)13(8-22)21-14(23)10(3)19-15(24)11-5-4-6-18-11/h9-13,18,22H,4-8H2,1-3H3,(H,19,24)(H,20,25)(H,21,23)(H,26,27). The van der Waals surface area contributed by atoms with Crippen LogP contribution in [-0.4, -0.2) is 71.2 Å². The third kappa shape index (κ3) is 7.51. The molecule has 4 unspecified atom stereocenters. The van der Waals surface area contributed by atoms with Gasteiger partial charge in [0.2, 0.25) is 17.7 Å². The summed E-state index contributed by atoms with van der Waals surface area (Å²) in [4.78, 5) is 47.7. The summed E-state index contributed by atoms with van der Waals surface area (Å²) >= 11 is 0. The van der Waals surface area contributed by atoms with Crippen LogP contribution in [0, 0.1) is 5.92 Å². The van der Waals surface area contributed by atoms with Crippen molar-refractivity contribution in [3.63, 3.8) is 0 Å². The Morgan fingerprint density at radius 2 is 1.67 bits per heavy atom. The molecule has 6 N–H and O–H groups in total. The normalized spacial score (nSPS) is 19.8. The van der Waals surface area contributed by atoms with Gasteiger partial charge in [-0.3, -0.25) is 14.4 Å². The number of hydrogen-bond acceptors (Lipinski definition) is 6.